The molecule has 5 nitrogen and oxygen atoms in total. The van der Waals surface area contributed by atoms with Gasteiger partial charge < -0.3 is 15.0 Å². The molecule has 154 valence electrons. The number of hydrogen-bond donors (Lipinski definition) is 1. The van der Waals surface area contributed by atoms with Gasteiger partial charge in [0.05, 0.1) is 30.5 Å². The minimum absolute atomic E-state index is 0. The molecule has 0 amide bonds. The minimum atomic E-state index is 0. The van der Waals surface area contributed by atoms with E-state index in [0.717, 1.165) is 49.3 Å². The number of thiazole rings is 1. The lowest BCUT2D eigenvalue weighted by atomic mass is 10.1. The molecule has 1 aliphatic rings. The fourth-order valence-corrected chi connectivity index (χ4v) is 4.23. The normalized spacial score (nSPS) is 16.9. The quantitative estimate of drug-likeness (QED) is 0.339. The average molecular weight is 514 g/mol. The number of hydrogen-bond acceptors (Lipinski definition) is 4. The Kier molecular flexibility index (Phi) is 9.67. The molecule has 1 saturated heterocycles. The van der Waals surface area contributed by atoms with Crippen LogP contribution in [0.25, 0.3) is 0 Å². The van der Waals surface area contributed by atoms with E-state index in [4.69, 9.17) is 9.73 Å². The minimum Gasteiger partial charge on any atom is -0.376 e. The van der Waals surface area contributed by atoms with Crippen LogP contribution in [0, 0.1) is 19.8 Å². The molecule has 1 aromatic heterocycles. The Morgan fingerprint density at radius 1 is 1.32 bits per heavy atom. The lowest BCUT2D eigenvalue weighted by Crippen LogP contribution is -2.40. The average Bonchev–Trinajstić information content (AvgIpc) is 3.25. The van der Waals surface area contributed by atoms with E-state index in [-0.39, 0.29) is 24.0 Å². The number of guanidine groups is 1. The highest BCUT2D eigenvalue weighted by Gasteiger charge is 2.25. The van der Waals surface area contributed by atoms with Crippen LogP contribution in [0.2, 0.25) is 0 Å². The molecule has 2 aromatic rings. The number of aliphatic imine (C=N–C) groups is 1. The highest BCUT2D eigenvalue weighted by Crippen LogP contribution is 2.20. The van der Waals surface area contributed by atoms with Gasteiger partial charge in [-0.1, -0.05) is 30.3 Å². The van der Waals surface area contributed by atoms with E-state index in [1.807, 2.05) is 6.07 Å². The molecule has 1 aliphatic heterocycles. The Labute approximate surface area is 189 Å². The van der Waals surface area contributed by atoms with E-state index >= 15 is 0 Å². The van der Waals surface area contributed by atoms with Crippen LogP contribution in [-0.4, -0.2) is 42.1 Å². The van der Waals surface area contributed by atoms with Gasteiger partial charge in [0.25, 0.3) is 0 Å². The maximum atomic E-state index is 5.95. The number of benzene rings is 1. The zero-order valence-corrected chi connectivity index (χ0v) is 20.1. The first-order valence-electron chi connectivity index (χ1n) is 9.73. The Morgan fingerprint density at radius 2 is 2.11 bits per heavy atom. The van der Waals surface area contributed by atoms with Crippen molar-refractivity contribution in [2.24, 2.45) is 10.9 Å². The van der Waals surface area contributed by atoms with Gasteiger partial charge in [-0.2, -0.15) is 0 Å². The van der Waals surface area contributed by atoms with E-state index in [1.54, 1.807) is 11.3 Å². The lowest BCUT2D eigenvalue weighted by Gasteiger charge is -2.21. The van der Waals surface area contributed by atoms with Crippen LogP contribution in [0.5, 0.6) is 0 Å². The number of rotatable bonds is 7. The summed E-state index contributed by atoms with van der Waals surface area (Å²) in [5.74, 6) is 1.57. The van der Waals surface area contributed by atoms with Gasteiger partial charge in [-0.25, -0.2) is 9.98 Å². The molecular formula is C21H31IN4OS. The molecule has 3 rings (SSSR count). The van der Waals surface area contributed by atoms with Crippen molar-refractivity contribution in [3.63, 3.8) is 0 Å². The molecule has 7 heteroatoms. The van der Waals surface area contributed by atoms with Gasteiger partial charge in [0.1, 0.15) is 0 Å². The molecule has 2 heterocycles. The van der Waals surface area contributed by atoms with Crippen molar-refractivity contribution < 1.29 is 4.74 Å². The zero-order chi connectivity index (χ0) is 19.1. The largest absolute Gasteiger partial charge is 0.376 e. The van der Waals surface area contributed by atoms with Crippen LogP contribution < -0.4 is 5.32 Å². The van der Waals surface area contributed by atoms with Gasteiger partial charge in [0, 0.05) is 30.4 Å². The van der Waals surface area contributed by atoms with Gasteiger partial charge in [-0.15, -0.1) is 35.3 Å². The second-order valence-corrected chi connectivity index (χ2v) is 8.30. The van der Waals surface area contributed by atoms with E-state index in [9.17, 15) is 0 Å². The Bertz CT molecular complexity index is 750. The van der Waals surface area contributed by atoms with Gasteiger partial charge in [-0.05, 0) is 32.8 Å². The summed E-state index contributed by atoms with van der Waals surface area (Å²) in [5, 5.41) is 4.55. The van der Waals surface area contributed by atoms with Gasteiger partial charge in [0.15, 0.2) is 5.96 Å². The van der Waals surface area contributed by atoms with Crippen molar-refractivity contribution in [3.8, 4) is 0 Å². The van der Waals surface area contributed by atoms with E-state index < -0.39 is 0 Å². The van der Waals surface area contributed by atoms with Crippen molar-refractivity contribution in [2.45, 2.75) is 40.3 Å². The standard InChI is InChI=1S/C21H30N4OS.HI/c1-4-22-21(23-12-20-16(2)24-17(3)27-20)25-11-10-19(13-25)15-26-14-18-8-6-5-7-9-18;/h5-9,19H,4,10-15H2,1-3H3,(H,22,23);1H. The molecule has 1 N–H and O–H groups in total. The van der Waals surface area contributed by atoms with Crippen molar-refractivity contribution in [2.75, 3.05) is 26.2 Å². The van der Waals surface area contributed by atoms with Crippen LogP contribution in [-0.2, 0) is 17.9 Å². The van der Waals surface area contributed by atoms with E-state index in [2.05, 4.69) is 60.2 Å². The zero-order valence-electron chi connectivity index (χ0n) is 17.0. The van der Waals surface area contributed by atoms with Crippen LogP contribution in [0.4, 0.5) is 0 Å². The Morgan fingerprint density at radius 3 is 2.79 bits per heavy atom. The van der Waals surface area contributed by atoms with Crippen molar-refractivity contribution in [1.82, 2.24) is 15.2 Å². The fourth-order valence-electron chi connectivity index (χ4n) is 3.37. The summed E-state index contributed by atoms with van der Waals surface area (Å²) >= 11 is 1.74. The molecule has 1 fully saturated rings. The third-order valence-electron chi connectivity index (χ3n) is 4.76. The van der Waals surface area contributed by atoms with Crippen LogP contribution in [0.15, 0.2) is 35.3 Å². The molecule has 1 atom stereocenters. The second kappa shape index (κ2) is 11.7. The van der Waals surface area contributed by atoms with Gasteiger partial charge in [-0.3, -0.25) is 0 Å². The van der Waals surface area contributed by atoms with Crippen molar-refractivity contribution >= 4 is 41.3 Å². The number of aromatic nitrogens is 1. The predicted molar refractivity (Wildman–Crippen MR) is 128 cm³/mol. The molecule has 0 bridgehead atoms. The molecule has 0 spiro atoms. The molecular weight excluding hydrogens is 483 g/mol. The molecule has 0 saturated carbocycles. The molecule has 1 unspecified atom stereocenters. The maximum absolute atomic E-state index is 5.95. The Balaban J connectivity index is 0.00000280. The predicted octanol–water partition coefficient (Wildman–Crippen LogP) is 4.38. The number of likely N-dealkylation sites (tertiary alicyclic amines) is 1. The smallest absolute Gasteiger partial charge is 0.194 e. The van der Waals surface area contributed by atoms with Gasteiger partial charge in [0.2, 0.25) is 0 Å². The SMILES string of the molecule is CCNC(=NCc1sc(C)nc1C)N1CCC(COCc2ccccc2)C1.I. The number of nitrogens with zero attached hydrogens (tertiary/aromatic N) is 3. The van der Waals surface area contributed by atoms with Crippen molar-refractivity contribution in [3.05, 3.63) is 51.5 Å². The summed E-state index contributed by atoms with van der Waals surface area (Å²) in [4.78, 5) is 13.0. The number of aryl methyl sites for hydroxylation is 2. The fraction of sp³-hybridized carbons (Fsp3) is 0.524. The summed E-state index contributed by atoms with van der Waals surface area (Å²) in [6.45, 7) is 11.3. The van der Waals surface area contributed by atoms with Crippen LogP contribution in [0.1, 0.15) is 34.5 Å². The Hall–Kier alpha value is -1.19. The third kappa shape index (κ3) is 6.70. The van der Waals surface area contributed by atoms with Crippen LogP contribution in [0.3, 0.4) is 0 Å². The number of halogens is 1. The highest BCUT2D eigenvalue weighted by molar-refractivity contribution is 14.0. The highest BCUT2D eigenvalue weighted by atomic mass is 127. The van der Waals surface area contributed by atoms with E-state index in [1.165, 1.54) is 10.4 Å². The second-order valence-electron chi connectivity index (χ2n) is 7.01. The monoisotopic (exact) mass is 514 g/mol. The number of ether oxygens (including phenoxy) is 1. The molecule has 28 heavy (non-hydrogen) atoms. The molecule has 0 aliphatic carbocycles. The van der Waals surface area contributed by atoms with Crippen molar-refractivity contribution in [1.29, 1.82) is 0 Å². The van der Waals surface area contributed by atoms with Gasteiger partial charge >= 0.3 is 0 Å². The van der Waals surface area contributed by atoms with E-state index in [0.29, 0.717) is 19.1 Å². The maximum Gasteiger partial charge on any atom is 0.194 e. The third-order valence-corrected chi connectivity index (χ3v) is 5.82. The summed E-state index contributed by atoms with van der Waals surface area (Å²) in [6, 6.07) is 10.4. The summed E-state index contributed by atoms with van der Waals surface area (Å²) in [6.07, 6.45) is 1.15. The summed E-state index contributed by atoms with van der Waals surface area (Å²) in [7, 11) is 0. The first-order valence-corrected chi connectivity index (χ1v) is 10.5. The first kappa shape index (κ1) is 23.1. The van der Waals surface area contributed by atoms with Crippen LogP contribution >= 0.6 is 35.3 Å². The summed E-state index contributed by atoms with van der Waals surface area (Å²) < 4.78 is 5.95. The molecule has 0 radical (unpaired) electrons. The number of nitrogens with one attached hydrogen (secondary N) is 1. The lowest BCUT2D eigenvalue weighted by molar-refractivity contribution is 0.0906. The first-order chi connectivity index (χ1) is 13.2. The summed E-state index contributed by atoms with van der Waals surface area (Å²) in [5.41, 5.74) is 2.34. The molecule has 1 aromatic carbocycles. The topological polar surface area (TPSA) is 49.8 Å².